The first-order valence-corrected chi connectivity index (χ1v) is 23.9. The Balaban J connectivity index is 1.63. The second kappa shape index (κ2) is 14.7. The van der Waals surface area contributed by atoms with Gasteiger partial charge in [0.1, 0.15) is 0 Å². The van der Waals surface area contributed by atoms with Gasteiger partial charge in [0.25, 0.3) is 0 Å². The zero-order valence-corrected chi connectivity index (χ0v) is 32.8. The number of rotatable bonds is 13. The maximum Gasteiger partial charge on any atom is 0.192 e. The van der Waals surface area contributed by atoms with E-state index in [9.17, 15) is 0 Å². The molecule has 0 aromatic carbocycles. The van der Waals surface area contributed by atoms with Crippen molar-refractivity contribution in [3.63, 3.8) is 0 Å². The fourth-order valence-corrected chi connectivity index (χ4v) is 13.7. The Kier molecular flexibility index (Phi) is 12.7. The van der Waals surface area contributed by atoms with E-state index in [1.54, 1.807) is 5.57 Å². The largest absolute Gasteiger partial charge is 0.414 e. The quantitative estimate of drug-likeness (QED) is 0.206. The molecule has 0 amide bonds. The van der Waals surface area contributed by atoms with Crippen molar-refractivity contribution in [2.24, 2.45) is 28.9 Å². The summed E-state index contributed by atoms with van der Waals surface area (Å²) < 4.78 is 13.8. The molecule has 3 saturated carbocycles. The van der Waals surface area contributed by atoms with Gasteiger partial charge in [0, 0.05) is 6.04 Å². The minimum atomic E-state index is -1.79. The molecule has 0 heterocycles. The van der Waals surface area contributed by atoms with Crippen LogP contribution in [0.4, 0.5) is 0 Å². The van der Waals surface area contributed by atoms with Crippen LogP contribution in [-0.4, -0.2) is 34.4 Å². The summed E-state index contributed by atoms with van der Waals surface area (Å²) in [6.45, 7) is 28.8. The Morgan fingerprint density at radius 1 is 1.00 bits per heavy atom. The van der Waals surface area contributed by atoms with Gasteiger partial charge in [-0.05, 0) is 131 Å². The molecule has 0 aliphatic heterocycles. The maximum atomic E-state index is 6.94. The fraction of sp³-hybridized carbons (Fsp3) is 0.895. The SMILES string of the molecule is CC[Si](CC)(CC)OC(C)(C)CCC[C@@H](C)C1CC[C@H]2/C(=C/C=C3/CC(O[Si](C)(C)C(C)(C)C)C[C@H](N)C3)CCC[C@]12C. The Bertz CT molecular complexity index is 951. The van der Waals surface area contributed by atoms with Crippen molar-refractivity contribution < 1.29 is 8.85 Å². The van der Waals surface area contributed by atoms with E-state index in [2.05, 4.69) is 94.5 Å². The zero-order valence-electron chi connectivity index (χ0n) is 30.8. The van der Waals surface area contributed by atoms with Crippen molar-refractivity contribution in [1.82, 2.24) is 0 Å². The van der Waals surface area contributed by atoms with E-state index in [1.807, 2.05) is 0 Å². The summed E-state index contributed by atoms with van der Waals surface area (Å²) in [7, 11) is -3.36. The molecule has 3 rings (SSSR count). The molecule has 0 saturated heterocycles. The highest BCUT2D eigenvalue weighted by molar-refractivity contribution is 6.74. The highest BCUT2D eigenvalue weighted by atomic mass is 28.4. The number of nitrogens with two attached hydrogens (primary N) is 1. The van der Waals surface area contributed by atoms with E-state index in [0.29, 0.717) is 5.41 Å². The lowest BCUT2D eigenvalue weighted by atomic mass is 9.60. The van der Waals surface area contributed by atoms with Crippen LogP contribution < -0.4 is 5.73 Å². The summed E-state index contributed by atoms with van der Waals surface area (Å²) in [6, 6.07) is 3.95. The van der Waals surface area contributed by atoms with Crippen LogP contribution in [0.5, 0.6) is 0 Å². The lowest BCUT2D eigenvalue weighted by molar-refractivity contribution is 0.0704. The average molecular weight is 632 g/mol. The third-order valence-corrected chi connectivity index (χ3v) is 22.4. The van der Waals surface area contributed by atoms with Crippen molar-refractivity contribution in [3.05, 3.63) is 23.3 Å². The number of allylic oxidation sites excluding steroid dienone is 3. The van der Waals surface area contributed by atoms with Crippen LogP contribution in [0.15, 0.2) is 23.3 Å². The van der Waals surface area contributed by atoms with E-state index < -0.39 is 16.6 Å². The molecule has 3 fully saturated rings. The van der Waals surface area contributed by atoms with E-state index in [-0.39, 0.29) is 22.8 Å². The van der Waals surface area contributed by atoms with Gasteiger partial charge in [0.05, 0.1) is 11.7 Å². The Labute approximate surface area is 270 Å². The minimum Gasteiger partial charge on any atom is -0.414 e. The number of hydrogen-bond donors (Lipinski definition) is 1. The number of fused-ring (bicyclic) bond motifs is 1. The van der Waals surface area contributed by atoms with Gasteiger partial charge >= 0.3 is 0 Å². The molecule has 5 heteroatoms. The minimum absolute atomic E-state index is 0.0146. The Morgan fingerprint density at radius 3 is 2.26 bits per heavy atom. The van der Waals surface area contributed by atoms with Crippen molar-refractivity contribution >= 4 is 16.6 Å². The first-order valence-electron chi connectivity index (χ1n) is 18.4. The molecule has 0 radical (unpaired) electrons. The van der Waals surface area contributed by atoms with Gasteiger partial charge in [0.15, 0.2) is 16.6 Å². The summed E-state index contributed by atoms with van der Waals surface area (Å²) in [4.78, 5) is 0. The first-order chi connectivity index (χ1) is 19.9. The third-order valence-electron chi connectivity index (χ3n) is 13.0. The predicted molar refractivity (Wildman–Crippen MR) is 194 cm³/mol. The second-order valence-corrected chi connectivity index (χ2v) is 27.0. The van der Waals surface area contributed by atoms with E-state index in [4.69, 9.17) is 14.6 Å². The molecule has 0 aromatic rings. The van der Waals surface area contributed by atoms with Crippen LogP contribution in [0, 0.1) is 23.2 Å². The molecule has 43 heavy (non-hydrogen) atoms. The monoisotopic (exact) mass is 632 g/mol. The molecular formula is C38H73NO2Si2. The topological polar surface area (TPSA) is 44.5 Å². The standard InChI is InChI=1S/C38H73NO2Si2/c1-13-43(14-2,15-3)41-37(8,9)24-16-18-29(4)34-22-23-35-31(19-17-25-38(34,35)10)21-20-30-26-32(39)28-33(27-30)40-42(11,12)36(5,6)7/h20-21,29,32-35H,13-19,22-28,39H2,1-12H3/b30-20+,31-21+/t29-,32-,33?,34?,35+,38-/m1/s1. The molecule has 3 aliphatic carbocycles. The van der Waals surface area contributed by atoms with Crippen LogP contribution in [-0.2, 0) is 8.85 Å². The van der Waals surface area contributed by atoms with Gasteiger partial charge in [-0.2, -0.15) is 0 Å². The van der Waals surface area contributed by atoms with E-state index in [0.717, 1.165) is 37.0 Å². The van der Waals surface area contributed by atoms with Crippen LogP contribution in [0.3, 0.4) is 0 Å². The van der Waals surface area contributed by atoms with Crippen LogP contribution in [0.25, 0.3) is 0 Å². The third kappa shape index (κ3) is 9.20. The van der Waals surface area contributed by atoms with Crippen molar-refractivity contribution in [3.8, 4) is 0 Å². The first kappa shape index (κ1) is 37.3. The molecule has 6 atom stereocenters. The molecule has 2 unspecified atom stereocenters. The van der Waals surface area contributed by atoms with Gasteiger partial charge in [-0.1, -0.05) is 91.5 Å². The van der Waals surface area contributed by atoms with Gasteiger partial charge in [-0.3, -0.25) is 0 Å². The Morgan fingerprint density at radius 2 is 1.65 bits per heavy atom. The smallest absolute Gasteiger partial charge is 0.192 e. The maximum absolute atomic E-state index is 6.94. The molecule has 3 nitrogen and oxygen atoms in total. The lowest BCUT2D eigenvalue weighted by Gasteiger charge is -2.44. The van der Waals surface area contributed by atoms with E-state index >= 15 is 0 Å². The highest BCUT2D eigenvalue weighted by Gasteiger charge is 2.50. The fourth-order valence-electron chi connectivity index (χ4n) is 9.13. The molecule has 0 spiro atoms. The second-order valence-electron chi connectivity index (χ2n) is 17.5. The Hall–Kier alpha value is -0.206. The van der Waals surface area contributed by atoms with Crippen molar-refractivity contribution in [1.29, 1.82) is 0 Å². The summed E-state index contributed by atoms with van der Waals surface area (Å²) in [6.07, 6.45) is 19.0. The van der Waals surface area contributed by atoms with Gasteiger partial charge in [0.2, 0.25) is 0 Å². The van der Waals surface area contributed by atoms with Crippen LogP contribution in [0.1, 0.15) is 140 Å². The molecule has 250 valence electrons. The normalized spacial score (nSPS) is 31.9. The van der Waals surface area contributed by atoms with Crippen molar-refractivity contribution in [2.75, 3.05) is 0 Å². The highest BCUT2D eigenvalue weighted by Crippen LogP contribution is 2.60. The summed E-state index contributed by atoms with van der Waals surface area (Å²) in [5, 5.41) is 0.236. The van der Waals surface area contributed by atoms with Crippen molar-refractivity contribution in [2.45, 2.75) is 194 Å². The van der Waals surface area contributed by atoms with E-state index in [1.165, 1.54) is 75.1 Å². The summed E-state index contributed by atoms with van der Waals surface area (Å²) in [5.41, 5.74) is 10.3. The molecule has 0 bridgehead atoms. The molecular weight excluding hydrogens is 559 g/mol. The van der Waals surface area contributed by atoms with Gasteiger partial charge < -0.3 is 14.6 Å². The predicted octanol–water partition coefficient (Wildman–Crippen LogP) is 11.6. The van der Waals surface area contributed by atoms with Crippen LogP contribution in [0.2, 0.25) is 36.3 Å². The summed E-state index contributed by atoms with van der Waals surface area (Å²) in [5.74, 6) is 2.39. The van der Waals surface area contributed by atoms with Crippen LogP contribution >= 0.6 is 0 Å². The molecule has 2 N–H and O–H groups in total. The summed E-state index contributed by atoms with van der Waals surface area (Å²) >= 11 is 0. The average Bonchev–Trinajstić information content (AvgIpc) is 3.27. The van der Waals surface area contributed by atoms with Gasteiger partial charge in [-0.15, -0.1) is 0 Å². The van der Waals surface area contributed by atoms with Gasteiger partial charge in [-0.25, -0.2) is 0 Å². The number of hydrogen-bond acceptors (Lipinski definition) is 3. The molecule has 0 aromatic heterocycles. The lowest BCUT2D eigenvalue weighted by Crippen LogP contribution is -2.46. The zero-order chi connectivity index (χ0) is 32.3. The molecule has 3 aliphatic rings.